The van der Waals surface area contributed by atoms with Crippen LogP contribution in [0.5, 0.6) is 0 Å². The molecule has 0 aromatic carbocycles. The lowest BCUT2D eigenvalue weighted by Crippen LogP contribution is -2.24. The van der Waals surface area contributed by atoms with Crippen molar-refractivity contribution in [1.29, 1.82) is 0 Å². The molecule has 0 aromatic heterocycles. The maximum absolute atomic E-state index is 5.29. The van der Waals surface area contributed by atoms with Gasteiger partial charge in [0.1, 0.15) is 0 Å². The fraction of sp³-hybridized carbons (Fsp3) is 0.750. The lowest BCUT2D eigenvalue weighted by molar-refractivity contribution is 0.698. The monoisotopic (exact) mass is 185 g/mol. The molecule has 0 aromatic rings. The first kappa shape index (κ1) is 12.2. The van der Waals surface area contributed by atoms with Crippen LogP contribution in [0.3, 0.4) is 0 Å². The number of aliphatic imine (C=N–C) groups is 2. The molecule has 0 aliphatic heterocycles. The van der Waals surface area contributed by atoms with Gasteiger partial charge in [-0.25, -0.2) is 0 Å². The minimum absolute atomic E-state index is 0.586. The Balaban J connectivity index is 3.12. The van der Waals surface area contributed by atoms with Crippen molar-refractivity contribution in [2.75, 3.05) is 39.3 Å². The van der Waals surface area contributed by atoms with Crippen molar-refractivity contribution >= 4 is 12.4 Å². The van der Waals surface area contributed by atoms with Crippen LogP contribution in [0.25, 0.3) is 0 Å². The predicted octanol–water partition coefficient (Wildman–Crippen LogP) is -1.36. The Hall–Kier alpha value is -0.780. The zero-order valence-corrected chi connectivity index (χ0v) is 7.95. The van der Waals surface area contributed by atoms with Gasteiger partial charge in [-0.2, -0.15) is 0 Å². The number of nitrogens with zero attached hydrogens (tertiary/aromatic N) is 2. The summed E-state index contributed by atoms with van der Waals surface area (Å²) in [7, 11) is 0. The van der Waals surface area contributed by atoms with Crippen molar-refractivity contribution in [3.8, 4) is 0 Å². The Bertz CT molecular complexity index is 143. The van der Waals surface area contributed by atoms with E-state index in [0.29, 0.717) is 19.6 Å². The molecule has 0 aliphatic carbocycles. The van der Waals surface area contributed by atoms with E-state index in [4.69, 9.17) is 11.5 Å². The second-order valence-electron chi connectivity index (χ2n) is 2.44. The molecule has 0 fully saturated rings. The lowest BCUT2D eigenvalue weighted by atomic mass is 10.5. The maximum Gasteiger partial charge on any atom is 0.0514 e. The van der Waals surface area contributed by atoms with E-state index in [2.05, 4.69) is 15.3 Å². The van der Waals surface area contributed by atoms with E-state index in [-0.39, 0.29) is 0 Å². The normalized spacial score (nSPS) is 11.8. The maximum atomic E-state index is 5.29. The van der Waals surface area contributed by atoms with E-state index in [1.165, 1.54) is 0 Å². The van der Waals surface area contributed by atoms with Crippen LogP contribution in [-0.4, -0.2) is 51.7 Å². The molecule has 5 heteroatoms. The van der Waals surface area contributed by atoms with Crippen LogP contribution >= 0.6 is 0 Å². The van der Waals surface area contributed by atoms with Crippen molar-refractivity contribution in [2.45, 2.75) is 0 Å². The molecule has 5 nitrogen and oxygen atoms in total. The van der Waals surface area contributed by atoms with E-state index in [1.807, 2.05) is 0 Å². The van der Waals surface area contributed by atoms with Crippen molar-refractivity contribution in [1.82, 2.24) is 5.32 Å². The highest BCUT2D eigenvalue weighted by Gasteiger charge is 1.80. The topological polar surface area (TPSA) is 88.8 Å². The molecule has 5 N–H and O–H groups in total. The number of nitrogens with one attached hydrogen (secondary N) is 1. The molecule has 0 heterocycles. The third-order valence-electron chi connectivity index (χ3n) is 1.27. The molecule has 0 rings (SSSR count). The van der Waals surface area contributed by atoms with Crippen LogP contribution in [0.15, 0.2) is 9.98 Å². The quantitative estimate of drug-likeness (QED) is 0.322. The van der Waals surface area contributed by atoms with Crippen molar-refractivity contribution in [3.63, 3.8) is 0 Å². The fourth-order valence-electron chi connectivity index (χ4n) is 0.689. The Kier molecular flexibility index (Phi) is 10.5. The lowest BCUT2D eigenvalue weighted by Gasteiger charge is -1.97. The Morgan fingerprint density at radius 1 is 0.923 bits per heavy atom. The second kappa shape index (κ2) is 11.2. The Morgan fingerprint density at radius 2 is 1.62 bits per heavy atom. The third kappa shape index (κ3) is 11.2. The first-order valence-corrected chi connectivity index (χ1v) is 4.51. The van der Waals surface area contributed by atoms with Gasteiger partial charge in [0.15, 0.2) is 0 Å². The van der Waals surface area contributed by atoms with Gasteiger partial charge >= 0.3 is 0 Å². The summed E-state index contributed by atoms with van der Waals surface area (Å²) in [5.74, 6) is 0. The number of rotatable bonds is 8. The average molecular weight is 185 g/mol. The molecule has 76 valence electrons. The molecular formula is C8H19N5. The Morgan fingerprint density at radius 3 is 2.23 bits per heavy atom. The van der Waals surface area contributed by atoms with Gasteiger partial charge in [0.05, 0.1) is 13.1 Å². The van der Waals surface area contributed by atoms with Crippen LogP contribution < -0.4 is 16.8 Å². The van der Waals surface area contributed by atoms with Gasteiger partial charge in [-0.05, 0) is 0 Å². The molecule has 13 heavy (non-hydrogen) atoms. The molecule has 0 spiro atoms. The van der Waals surface area contributed by atoms with Gasteiger partial charge in [0.25, 0.3) is 0 Å². The molecule has 0 atom stereocenters. The van der Waals surface area contributed by atoms with Gasteiger partial charge in [-0.15, -0.1) is 0 Å². The van der Waals surface area contributed by atoms with Crippen LogP contribution in [0.1, 0.15) is 0 Å². The molecule has 0 saturated carbocycles. The van der Waals surface area contributed by atoms with Crippen molar-refractivity contribution < 1.29 is 0 Å². The molecule has 0 aliphatic rings. The second-order valence-corrected chi connectivity index (χ2v) is 2.44. The molecular weight excluding hydrogens is 166 g/mol. The standard InChI is InChI=1S/C8H19N5/c9-1-3-11-5-7-13-8-6-12-4-2-10/h5,7,12H,1-4,6,8-10H2. The van der Waals surface area contributed by atoms with Crippen molar-refractivity contribution in [3.05, 3.63) is 0 Å². The minimum atomic E-state index is 0.586. The summed E-state index contributed by atoms with van der Waals surface area (Å²) in [6, 6.07) is 0. The van der Waals surface area contributed by atoms with Crippen LogP contribution in [0.4, 0.5) is 0 Å². The summed E-state index contributed by atoms with van der Waals surface area (Å²) in [5.41, 5.74) is 10.5. The summed E-state index contributed by atoms with van der Waals surface area (Å²) >= 11 is 0. The zero-order chi connectivity index (χ0) is 9.78. The minimum Gasteiger partial charge on any atom is -0.329 e. The highest BCUT2D eigenvalue weighted by atomic mass is 14.9. The first-order valence-electron chi connectivity index (χ1n) is 4.51. The average Bonchev–Trinajstić information content (AvgIpc) is 2.16. The molecule has 0 bridgehead atoms. The molecule has 0 amide bonds. The number of hydrogen-bond donors (Lipinski definition) is 3. The molecule has 0 radical (unpaired) electrons. The Labute approximate surface area is 79.3 Å². The zero-order valence-electron chi connectivity index (χ0n) is 7.95. The van der Waals surface area contributed by atoms with Gasteiger partial charge in [-0.1, -0.05) is 0 Å². The molecule has 0 saturated heterocycles. The van der Waals surface area contributed by atoms with E-state index >= 15 is 0 Å². The smallest absolute Gasteiger partial charge is 0.0514 e. The van der Waals surface area contributed by atoms with Crippen LogP contribution in [0.2, 0.25) is 0 Å². The summed E-state index contributed by atoms with van der Waals surface area (Å²) in [4.78, 5) is 8.08. The number of nitrogens with two attached hydrogens (primary N) is 2. The summed E-state index contributed by atoms with van der Waals surface area (Å²) < 4.78 is 0. The van der Waals surface area contributed by atoms with Gasteiger partial charge in [-0.3, -0.25) is 9.98 Å². The van der Waals surface area contributed by atoms with E-state index in [1.54, 1.807) is 12.4 Å². The highest BCUT2D eigenvalue weighted by molar-refractivity contribution is 6.15. The molecule has 0 unspecified atom stereocenters. The summed E-state index contributed by atoms with van der Waals surface area (Å²) in [6.07, 6.45) is 3.37. The van der Waals surface area contributed by atoms with E-state index < -0.39 is 0 Å². The summed E-state index contributed by atoms with van der Waals surface area (Å²) in [5, 5.41) is 3.13. The van der Waals surface area contributed by atoms with Crippen LogP contribution in [0, 0.1) is 0 Å². The highest BCUT2D eigenvalue weighted by Crippen LogP contribution is 1.66. The SMILES string of the molecule is NCCN=CC=NCCNCCN. The largest absolute Gasteiger partial charge is 0.329 e. The van der Waals surface area contributed by atoms with Crippen molar-refractivity contribution in [2.24, 2.45) is 21.5 Å². The summed E-state index contributed by atoms with van der Waals surface area (Å²) in [6.45, 7) is 4.38. The van der Waals surface area contributed by atoms with Gasteiger partial charge in [0.2, 0.25) is 0 Å². The number of hydrogen-bond acceptors (Lipinski definition) is 5. The van der Waals surface area contributed by atoms with E-state index in [0.717, 1.165) is 19.6 Å². The van der Waals surface area contributed by atoms with Gasteiger partial charge < -0.3 is 16.8 Å². The first-order chi connectivity index (χ1) is 6.41. The predicted molar refractivity (Wildman–Crippen MR) is 57.7 cm³/mol. The van der Waals surface area contributed by atoms with Gasteiger partial charge in [0, 0.05) is 38.6 Å². The van der Waals surface area contributed by atoms with Crippen LogP contribution in [-0.2, 0) is 0 Å². The van der Waals surface area contributed by atoms with E-state index in [9.17, 15) is 0 Å². The fourth-order valence-corrected chi connectivity index (χ4v) is 0.689. The third-order valence-corrected chi connectivity index (χ3v) is 1.27.